The Labute approximate surface area is 82.9 Å². The molecular formula is C7H5ClFN3O2. The molecule has 1 aromatic rings. The monoisotopic (exact) mass is 217 g/mol. The molecule has 0 amide bonds. The number of rotatable bonds is 2. The topological polar surface area (TPSA) is 93.0 Å². The van der Waals surface area contributed by atoms with Crippen LogP contribution < -0.4 is 5.73 Å². The molecule has 3 N–H and O–H groups in total. The number of nitrogens with zero attached hydrogens (tertiary/aromatic N) is 1. The van der Waals surface area contributed by atoms with Crippen LogP contribution in [0.15, 0.2) is 12.1 Å². The van der Waals surface area contributed by atoms with Gasteiger partial charge in [-0.1, -0.05) is 11.6 Å². The second-order valence-electron chi connectivity index (χ2n) is 2.46. The molecule has 0 aromatic heterocycles. The van der Waals surface area contributed by atoms with Crippen LogP contribution in [0.25, 0.3) is 0 Å². The maximum Gasteiger partial charge on any atom is 0.305 e. The van der Waals surface area contributed by atoms with E-state index in [-0.39, 0.29) is 11.3 Å². The summed E-state index contributed by atoms with van der Waals surface area (Å²) in [4.78, 5) is 9.41. The van der Waals surface area contributed by atoms with Gasteiger partial charge >= 0.3 is 5.69 Å². The van der Waals surface area contributed by atoms with E-state index in [1.54, 1.807) is 0 Å². The molecule has 5 nitrogen and oxygen atoms in total. The molecule has 0 radical (unpaired) electrons. The molecule has 0 unspecified atom stereocenters. The normalized spacial score (nSPS) is 9.86. The molecule has 0 saturated carbocycles. The van der Waals surface area contributed by atoms with Gasteiger partial charge in [-0.2, -0.15) is 4.39 Å². The molecule has 0 heterocycles. The van der Waals surface area contributed by atoms with Crippen LogP contribution in [0.4, 0.5) is 15.8 Å². The summed E-state index contributed by atoms with van der Waals surface area (Å²) in [6.45, 7) is 0. The summed E-state index contributed by atoms with van der Waals surface area (Å²) < 4.78 is 12.9. The minimum absolute atomic E-state index is 0.0558. The molecule has 0 aliphatic rings. The highest BCUT2D eigenvalue weighted by molar-refractivity contribution is 6.69. The number of nitro groups is 1. The Balaban J connectivity index is 3.42. The molecule has 0 saturated heterocycles. The van der Waals surface area contributed by atoms with Gasteiger partial charge in [0.2, 0.25) is 5.82 Å². The molecule has 1 rings (SSSR count). The Morgan fingerprint density at radius 1 is 1.64 bits per heavy atom. The molecule has 0 spiro atoms. The number of nitrogen functional groups attached to an aromatic ring is 1. The minimum atomic E-state index is -1.05. The van der Waals surface area contributed by atoms with Gasteiger partial charge < -0.3 is 5.73 Å². The fourth-order valence-electron chi connectivity index (χ4n) is 0.907. The van der Waals surface area contributed by atoms with E-state index in [1.165, 1.54) is 0 Å². The van der Waals surface area contributed by atoms with Crippen molar-refractivity contribution in [2.75, 3.05) is 5.73 Å². The Kier molecular flexibility index (Phi) is 2.66. The molecule has 0 aliphatic carbocycles. The molecule has 0 atom stereocenters. The summed E-state index contributed by atoms with van der Waals surface area (Å²) >= 11 is 5.30. The molecule has 0 aliphatic heterocycles. The van der Waals surface area contributed by atoms with E-state index in [4.69, 9.17) is 22.7 Å². The van der Waals surface area contributed by atoms with E-state index < -0.39 is 21.6 Å². The van der Waals surface area contributed by atoms with Crippen molar-refractivity contribution in [3.8, 4) is 0 Å². The van der Waals surface area contributed by atoms with Gasteiger partial charge in [-0.3, -0.25) is 15.5 Å². The van der Waals surface area contributed by atoms with Crippen molar-refractivity contribution in [2.45, 2.75) is 0 Å². The zero-order chi connectivity index (χ0) is 10.9. The van der Waals surface area contributed by atoms with Crippen LogP contribution in [0.3, 0.4) is 0 Å². The highest BCUT2D eigenvalue weighted by atomic mass is 35.5. The molecule has 1 aromatic carbocycles. The lowest BCUT2D eigenvalue weighted by molar-refractivity contribution is -0.387. The lowest BCUT2D eigenvalue weighted by atomic mass is 10.1. The Hall–Kier alpha value is -1.69. The largest absolute Gasteiger partial charge is 0.398 e. The zero-order valence-corrected chi connectivity index (χ0v) is 7.51. The summed E-state index contributed by atoms with van der Waals surface area (Å²) in [5.74, 6) is -1.05. The van der Waals surface area contributed by atoms with Gasteiger partial charge in [0.15, 0.2) is 0 Å². The summed E-state index contributed by atoms with van der Waals surface area (Å²) in [5, 5.41) is 16.9. The number of nitrogens with two attached hydrogens (primary N) is 1. The first kappa shape index (κ1) is 10.4. The van der Waals surface area contributed by atoms with Crippen molar-refractivity contribution in [1.29, 1.82) is 5.41 Å². The van der Waals surface area contributed by atoms with Crippen LogP contribution in [-0.4, -0.2) is 10.1 Å². The molecule has 0 bridgehead atoms. The first-order valence-electron chi connectivity index (χ1n) is 3.41. The van der Waals surface area contributed by atoms with Crippen molar-refractivity contribution in [3.63, 3.8) is 0 Å². The van der Waals surface area contributed by atoms with Gasteiger partial charge in [0.1, 0.15) is 5.17 Å². The number of hydrogen-bond acceptors (Lipinski definition) is 4. The van der Waals surface area contributed by atoms with Gasteiger partial charge in [-0.25, -0.2) is 0 Å². The molecule has 14 heavy (non-hydrogen) atoms. The molecule has 7 heteroatoms. The van der Waals surface area contributed by atoms with Gasteiger partial charge in [-0.05, 0) is 0 Å². The fraction of sp³-hybridized carbons (Fsp3) is 0. The summed E-state index contributed by atoms with van der Waals surface area (Å²) in [6, 6.07) is 1.60. The molecule has 0 fully saturated rings. The average molecular weight is 218 g/mol. The Morgan fingerprint density at radius 3 is 2.64 bits per heavy atom. The number of hydrogen-bond donors (Lipinski definition) is 2. The van der Waals surface area contributed by atoms with Crippen molar-refractivity contribution in [2.24, 2.45) is 0 Å². The second kappa shape index (κ2) is 3.59. The highest BCUT2D eigenvalue weighted by Gasteiger charge is 2.18. The predicted molar refractivity (Wildman–Crippen MR) is 50.1 cm³/mol. The maximum absolute atomic E-state index is 12.9. The third kappa shape index (κ3) is 1.80. The van der Waals surface area contributed by atoms with Crippen molar-refractivity contribution in [3.05, 3.63) is 33.6 Å². The van der Waals surface area contributed by atoms with Crippen molar-refractivity contribution < 1.29 is 9.31 Å². The summed E-state index contributed by atoms with van der Waals surface area (Å²) in [6.07, 6.45) is 0. The quantitative estimate of drug-likeness (QED) is 0.343. The lowest BCUT2D eigenvalue weighted by Crippen LogP contribution is -2.02. The van der Waals surface area contributed by atoms with Crippen LogP contribution >= 0.6 is 11.6 Å². The number of benzene rings is 1. The van der Waals surface area contributed by atoms with Gasteiger partial charge in [0.25, 0.3) is 0 Å². The van der Waals surface area contributed by atoms with E-state index in [9.17, 15) is 14.5 Å². The van der Waals surface area contributed by atoms with Crippen molar-refractivity contribution >= 4 is 28.1 Å². The summed E-state index contributed by atoms with van der Waals surface area (Å²) in [7, 11) is 0. The van der Waals surface area contributed by atoms with Crippen LogP contribution in [0.1, 0.15) is 5.56 Å². The zero-order valence-electron chi connectivity index (χ0n) is 6.75. The molecule has 74 valence electrons. The van der Waals surface area contributed by atoms with E-state index >= 15 is 0 Å². The Morgan fingerprint density at radius 2 is 2.21 bits per heavy atom. The molecular weight excluding hydrogens is 213 g/mol. The number of nitro benzene ring substituents is 1. The first-order chi connectivity index (χ1) is 6.43. The van der Waals surface area contributed by atoms with Gasteiger partial charge in [0.05, 0.1) is 4.92 Å². The SMILES string of the molecule is N=C(Cl)c1cc([N+](=O)[O-])c(F)cc1N. The third-order valence-corrected chi connectivity index (χ3v) is 1.76. The number of nitrogens with one attached hydrogen (secondary N) is 1. The van der Waals surface area contributed by atoms with E-state index in [2.05, 4.69) is 0 Å². The standard InChI is InChI=1S/C7H5ClFN3O2/c8-7(11)3-1-6(12(13)14)4(9)2-5(3)10/h1-2,11H,10H2. The third-order valence-electron chi connectivity index (χ3n) is 1.55. The second-order valence-corrected chi connectivity index (χ2v) is 2.84. The number of halogens is 2. The smallest absolute Gasteiger partial charge is 0.305 e. The maximum atomic E-state index is 12.9. The van der Waals surface area contributed by atoms with Crippen LogP contribution in [0.2, 0.25) is 0 Å². The van der Waals surface area contributed by atoms with Crippen LogP contribution in [-0.2, 0) is 0 Å². The predicted octanol–water partition coefficient (Wildman–Crippen LogP) is 1.88. The van der Waals surface area contributed by atoms with Crippen LogP contribution in [0, 0.1) is 21.3 Å². The van der Waals surface area contributed by atoms with Crippen LogP contribution in [0.5, 0.6) is 0 Å². The minimum Gasteiger partial charge on any atom is -0.398 e. The van der Waals surface area contributed by atoms with Gasteiger partial charge in [-0.15, -0.1) is 0 Å². The van der Waals surface area contributed by atoms with E-state index in [0.717, 1.165) is 12.1 Å². The highest BCUT2D eigenvalue weighted by Crippen LogP contribution is 2.24. The summed E-state index contributed by atoms with van der Waals surface area (Å²) in [5.41, 5.74) is 4.39. The van der Waals surface area contributed by atoms with E-state index in [0.29, 0.717) is 0 Å². The fourth-order valence-corrected chi connectivity index (χ4v) is 1.07. The lowest BCUT2D eigenvalue weighted by Gasteiger charge is -2.02. The van der Waals surface area contributed by atoms with Gasteiger partial charge in [0, 0.05) is 23.4 Å². The number of anilines is 1. The van der Waals surface area contributed by atoms with Crippen molar-refractivity contribution in [1.82, 2.24) is 0 Å². The first-order valence-corrected chi connectivity index (χ1v) is 3.79. The average Bonchev–Trinajstić information content (AvgIpc) is 2.02. The van der Waals surface area contributed by atoms with E-state index in [1.807, 2.05) is 0 Å². The Bertz CT molecular complexity index is 386.